The first-order chi connectivity index (χ1) is 21.7. The standard InChI is InChI=1S/C33H37Cl2FN2O6S2/c1-5-22(19-37-46(41,42)33(15-16-33)23-11-6-7-12-24(23)36)38-29(26-13-14-27(35)45-26)30(20-9-8-10-21(34)17-20)43-25(31(38)40)18-28(39)44-32(2,3)4/h6-14,17,22,25,29-30,37H,5,15-16,18-19H2,1-4H3/t22-,25-,29+,30+/m0/s1. The zero-order valence-electron chi connectivity index (χ0n) is 26.0. The minimum atomic E-state index is -4.06. The maximum Gasteiger partial charge on any atom is 0.309 e. The van der Waals surface area contributed by atoms with Gasteiger partial charge < -0.3 is 14.4 Å². The number of carbonyl (C=O) groups excluding carboxylic acids is 2. The number of benzene rings is 2. The molecule has 0 radical (unpaired) electrons. The Labute approximate surface area is 283 Å². The van der Waals surface area contributed by atoms with E-state index in [9.17, 15) is 22.4 Å². The van der Waals surface area contributed by atoms with Crippen molar-refractivity contribution in [2.75, 3.05) is 6.54 Å². The van der Waals surface area contributed by atoms with Crippen molar-refractivity contribution >= 4 is 56.4 Å². The van der Waals surface area contributed by atoms with E-state index >= 15 is 0 Å². The van der Waals surface area contributed by atoms with Gasteiger partial charge in [-0.2, -0.15) is 0 Å². The molecular formula is C33H37Cl2FN2O6S2. The Bertz CT molecular complexity index is 1710. The van der Waals surface area contributed by atoms with Gasteiger partial charge in [0.1, 0.15) is 28.4 Å². The average Bonchev–Trinajstić information content (AvgIpc) is 3.69. The van der Waals surface area contributed by atoms with Gasteiger partial charge in [0.05, 0.1) is 16.8 Å². The van der Waals surface area contributed by atoms with Gasteiger partial charge >= 0.3 is 5.97 Å². The van der Waals surface area contributed by atoms with E-state index in [0.29, 0.717) is 26.2 Å². The van der Waals surface area contributed by atoms with E-state index in [1.54, 1.807) is 62.1 Å². The fourth-order valence-electron chi connectivity index (χ4n) is 5.96. The van der Waals surface area contributed by atoms with Crippen LogP contribution in [0.3, 0.4) is 0 Å². The van der Waals surface area contributed by atoms with E-state index in [0.717, 1.165) is 0 Å². The fraction of sp³-hybridized carbons (Fsp3) is 0.455. The summed E-state index contributed by atoms with van der Waals surface area (Å²) in [4.78, 5) is 29.7. The maximum atomic E-state index is 14.8. The van der Waals surface area contributed by atoms with E-state index in [-0.39, 0.29) is 31.4 Å². The van der Waals surface area contributed by atoms with Crippen LogP contribution < -0.4 is 4.72 Å². The van der Waals surface area contributed by atoms with Gasteiger partial charge in [0.2, 0.25) is 10.0 Å². The summed E-state index contributed by atoms with van der Waals surface area (Å²) in [5.74, 6) is -1.67. The summed E-state index contributed by atoms with van der Waals surface area (Å²) in [5, 5.41) is 0.457. The third-order valence-corrected chi connectivity index (χ3v) is 12.0. The Kier molecular flexibility index (Phi) is 10.2. The van der Waals surface area contributed by atoms with E-state index in [1.807, 2.05) is 13.0 Å². The number of nitrogens with one attached hydrogen (secondary N) is 1. The molecule has 13 heteroatoms. The van der Waals surface area contributed by atoms with Crippen LogP contribution in [0.1, 0.15) is 81.5 Å². The van der Waals surface area contributed by atoms with Crippen LogP contribution in [0.4, 0.5) is 4.39 Å². The second kappa shape index (κ2) is 13.5. The van der Waals surface area contributed by atoms with Crippen molar-refractivity contribution in [3.63, 3.8) is 0 Å². The van der Waals surface area contributed by atoms with E-state index in [1.165, 1.54) is 29.5 Å². The molecule has 3 aromatic rings. The molecule has 1 aliphatic carbocycles. The fourth-order valence-corrected chi connectivity index (χ4v) is 9.13. The monoisotopic (exact) mass is 710 g/mol. The third-order valence-electron chi connectivity index (χ3n) is 8.22. The minimum Gasteiger partial charge on any atom is -0.460 e. The third kappa shape index (κ3) is 7.29. The Morgan fingerprint density at radius 1 is 1.15 bits per heavy atom. The number of hydrogen-bond acceptors (Lipinski definition) is 7. The lowest BCUT2D eigenvalue weighted by molar-refractivity contribution is -0.186. The molecule has 46 heavy (non-hydrogen) atoms. The van der Waals surface area contributed by atoms with Gasteiger partial charge in [0.15, 0.2) is 0 Å². The number of hydrogen-bond donors (Lipinski definition) is 1. The molecule has 0 bridgehead atoms. The normalized spacial score (nSPS) is 22.0. The molecule has 2 heterocycles. The second-order valence-electron chi connectivity index (χ2n) is 12.6. The molecule has 8 nitrogen and oxygen atoms in total. The van der Waals surface area contributed by atoms with Gasteiger partial charge in [0.25, 0.3) is 5.91 Å². The summed E-state index contributed by atoms with van der Waals surface area (Å²) in [5.41, 5.74) is 0.0152. The van der Waals surface area contributed by atoms with Crippen molar-refractivity contribution in [3.8, 4) is 0 Å². The molecule has 4 atom stereocenters. The highest BCUT2D eigenvalue weighted by molar-refractivity contribution is 7.90. The first-order valence-corrected chi connectivity index (χ1v) is 18.2. The molecule has 1 amide bonds. The lowest BCUT2D eigenvalue weighted by Gasteiger charge is -2.47. The lowest BCUT2D eigenvalue weighted by Crippen LogP contribution is -2.57. The molecule has 1 aromatic heterocycles. The number of amides is 1. The number of rotatable bonds is 11. The number of morpholine rings is 1. The van der Waals surface area contributed by atoms with Crippen molar-refractivity contribution in [3.05, 3.63) is 91.8 Å². The molecule has 248 valence electrons. The molecule has 1 N–H and O–H groups in total. The summed E-state index contributed by atoms with van der Waals surface area (Å²) in [7, 11) is -4.06. The topological polar surface area (TPSA) is 102 Å². The van der Waals surface area contributed by atoms with Crippen molar-refractivity contribution in [1.29, 1.82) is 0 Å². The van der Waals surface area contributed by atoms with Crippen molar-refractivity contribution in [2.45, 2.75) is 88.0 Å². The number of halogens is 3. The summed E-state index contributed by atoms with van der Waals surface area (Å²) < 4.78 is 56.1. The van der Waals surface area contributed by atoms with Gasteiger partial charge in [-0.3, -0.25) is 9.59 Å². The molecule has 2 aliphatic rings. The second-order valence-corrected chi connectivity index (χ2v) is 16.9. The first-order valence-electron chi connectivity index (χ1n) is 15.1. The predicted octanol–water partition coefficient (Wildman–Crippen LogP) is 7.32. The number of thiophene rings is 1. The predicted molar refractivity (Wildman–Crippen MR) is 177 cm³/mol. The summed E-state index contributed by atoms with van der Waals surface area (Å²) in [6, 6.07) is 15.1. The number of carbonyl (C=O) groups is 2. The highest BCUT2D eigenvalue weighted by Gasteiger charge is 2.57. The summed E-state index contributed by atoms with van der Waals surface area (Å²) >= 11 is 14.0. The lowest BCUT2D eigenvalue weighted by atomic mass is 9.93. The molecular weight excluding hydrogens is 674 g/mol. The van der Waals surface area contributed by atoms with Crippen LogP contribution in [0.2, 0.25) is 9.36 Å². The average molecular weight is 712 g/mol. The Balaban J connectivity index is 1.52. The highest BCUT2D eigenvalue weighted by Crippen LogP contribution is 2.53. The molecule has 2 aromatic carbocycles. The Morgan fingerprint density at radius 3 is 2.46 bits per heavy atom. The quantitative estimate of drug-likeness (QED) is 0.209. The van der Waals surface area contributed by atoms with Crippen LogP contribution in [0.25, 0.3) is 0 Å². The van der Waals surface area contributed by atoms with E-state index < -0.39 is 62.4 Å². The van der Waals surface area contributed by atoms with Gasteiger partial charge in [-0.1, -0.05) is 60.5 Å². The van der Waals surface area contributed by atoms with Crippen LogP contribution in [-0.2, 0) is 33.8 Å². The van der Waals surface area contributed by atoms with Crippen LogP contribution in [0.5, 0.6) is 0 Å². The number of nitrogens with zero attached hydrogens (tertiary/aromatic N) is 1. The van der Waals surface area contributed by atoms with E-state index in [2.05, 4.69) is 4.72 Å². The first kappa shape index (κ1) is 34.8. The van der Waals surface area contributed by atoms with Crippen LogP contribution in [-0.4, -0.2) is 49.5 Å². The summed E-state index contributed by atoms with van der Waals surface area (Å²) in [6.07, 6.45) is -1.43. The van der Waals surface area contributed by atoms with Crippen molar-refractivity contribution in [2.24, 2.45) is 0 Å². The van der Waals surface area contributed by atoms with E-state index in [4.69, 9.17) is 32.7 Å². The zero-order chi connectivity index (χ0) is 33.4. The maximum absolute atomic E-state index is 14.8. The van der Waals surface area contributed by atoms with Crippen LogP contribution in [0, 0.1) is 5.82 Å². The van der Waals surface area contributed by atoms with Gasteiger partial charge in [-0.05, 0) is 75.9 Å². The van der Waals surface area contributed by atoms with Crippen molar-refractivity contribution < 1.29 is 31.9 Å². The smallest absolute Gasteiger partial charge is 0.309 e. The van der Waals surface area contributed by atoms with Gasteiger partial charge in [-0.25, -0.2) is 17.5 Å². The number of sulfonamides is 1. The zero-order valence-corrected chi connectivity index (χ0v) is 29.1. The molecule has 0 unspecified atom stereocenters. The van der Waals surface area contributed by atoms with Crippen LogP contribution in [0.15, 0.2) is 60.7 Å². The molecule has 2 fully saturated rings. The molecule has 0 spiro atoms. The minimum absolute atomic E-state index is 0.127. The molecule has 5 rings (SSSR count). The SMILES string of the molecule is CC[C@@H](CNS(=O)(=O)C1(c2ccccc2F)CC1)N1C(=O)[C@H](CC(=O)OC(C)(C)C)O[C@H](c2cccc(Cl)c2)[C@H]1c1ccc(Cl)s1. The molecule has 1 saturated carbocycles. The van der Waals surface area contributed by atoms with Gasteiger partial charge in [0, 0.05) is 28.0 Å². The summed E-state index contributed by atoms with van der Waals surface area (Å²) in [6.45, 7) is 6.91. The molecule has 1 saturated heterocycles. The Hall–Kier alpha value is -2.54. The largest absolute Gasteiger partial charge is 0.460 e. The molecule has 1 aliphatic heterocycles. The highest BCUT2D eigenvalue weighted by atomic mass is 35.5. The number of esters is 1. The number of ether oxygens (including phenoxy) is 2. The van der Waals surface area contributed by atoms with Crippen molar-refractivity contribution in [1.82, 2.24) is 9.62 Å². The van der Waals surface area contributed by atoms with Gasteiger partial charge in [-0.15, -0.1) is 11.3 Å². The van der Waals surface area contributed by atoms with Crippen LogP contribution >= 0.6 is 34.5 Å². The Morgan fingerprint density at radius 2 is 1.87 bits per heavy atom.